The summed E-state index contributed by atoms with van der Waals surface area (Å²) in [6, 6.07) is 5.75. The predicted molar refractivity (Wildman–Crippen MR) is 87.7 cm³/mol. The Morgan fingerprint density at radius 3 is 2.50 bits per heavy atom. The van der Waals surface area contributed by atoms with E-state index in [1.165, 1.54) is 0 Å². The van der Waals surface area contributed by atoms with Crippen LogP contribution in [-0.4, -0.2) is 42.2 Å². The minimum absolute atomic E-state index is 0.152. The molecule has 0 aliphatic carbocycles. The van der Waals surface area contributed by atoms with Crippen molar-refractivity contribution in [1.29, 1.82) is 0 Å². The Kier molecular flexibility index (Phi) is 5.36. The highest BCUT2D eigenvalue weighted by atomic mass is 19.4. The molecule has 1 N–H and O–H groups in total. The fourth-order valence-electron chi connectivity index (χ4n) is 2.48. The van der Waals surface area contributed by atoms with Gasteiger partial charge in [-0.25, -0.2) is 9.97 Å². The highest BCUT2D eigenvalue weighted by molar-refractivity contribution is 5.94. The smallest absolute Gasteiger partial charge is 0.378 e. The fourth-order valence-corrected chi connectivity index (χ4v) is 2.48. The normalized spacial score (nSPS) is 15.0. The molecule has 1 fully saturated rings. The molecule has 1 aliphatic rings. The van der Waals surface area contributed by atoms with E-state index in [2.05, 4.69) is 15.3 Å². The standard InChI is InChI=1S/C17H17F3N4O2/c18-17(19,20)13-3-1-12(2-4-13)15(25)22-11-14-5-6-21-16(23-14)24-7-9-26-10-8-24/h1-6H,7-11H2,(H,22,25). The van der Waals surface area contributed by atoms with Gasteiger partial charge in [-0.05, 0) is 30.3 Å². The van der Waals surface area contributed by atoms with Crippen LogP contribution in [0.4, 0.5) is 19.1 Å². The summed E-state index contributed by atoms with van der Waals surface area (Å²) < 4.78 is 42.9. The van der Waals surface area contributed by atoms with Crippen LogP contribution in [0.3, 0.4) is 0 Å². The van der Waals surface area contributed by atoms with Crippen LogP contribution in [0.5, 0.6) is 0 Å². The zero-order valence-electron chi connectivity index (χ0n) is 13.8. The molecule has 26 heavy (non-hydrogen) atoms. The van der Waals surface area contributed by atoms with Gasteiger partial charge in [0.15, 0.2) is 0 Å². The van der Waals surface area contributed by atoms with Crippen LogP contribution in [0.15, 0.2) is 36.5 Å². The fraction of sp³-hybridized carbons (Fsp3) is 0.353. The van der Waals surface area contributed by atoms with E-state index in [4.69, 9.17) is 4.74 Å². The molecule has 3 rings (SSSR count). The number of amides is 1. The van der Waals surface area contributed by atoms with Crippen LogP contribution in [-0.2, 0) is 17.5 Å². The van der Waals surface area contributed by atoms with Crippen LogP contribution in [0, 0.1) is 0 Å². The number of carbonyl (C=O) groups excluding carboxylic acids is 1. The maximum absolute atomic E-state index is 12.6. The average molecular weight is 366 g/mol. The summed E-state index contributed by atoms with van der Waals surface area (Å²) >= 11 is 0. The van der Waals surface area contributed by atoms with Gasteiger partial charge in [0, 0.05) is 24.8 Å². The molecular weight excluding hydrogens is 349 g/mol. The summed E-state index contributed by atoms with van der Waals surface area (Å²) in [5.74, 6) is 0.0971. The molecule has 1 amide bonds. The molecule has 0 atom stereocenters. The van der Waals surface area contributed by atoms with Crippen molar-refractivity contribution in [3.8, 4) is 0 Å². The lowest BCUT2D eigenvalue weighted by Crippen LogP contribution is -2.37. The predicted octanol–water partition coefficient (Wildman–Crippen LogP) is 2.26. The topological polar surface area (TPSA) is 67.4 Å². The molecule has 2 heterocycles. The van der Waals surface area contributed by atoms with Crippen molar-refractivity contribution in [3.63, 3.8) is 0 Å². The summed E-state index contributed by atoms with van der Waals surface area (Å²) in [6.45, 7) is 2.76. The van der Waals surface area contributed by atoms with Gasteiger partial charge in [-0.3, -0.25) is 4.79 Å². The Morgan fingerprint density at radius 2 is 1.85 bits per heavy atom. The van der Waals surface area contributed by atoms with E-state index < -0.39 is 17.6 Å². The van der Waals surface area contributed by atoms with Crippen molar-refractivity contribution in [3.05, 3.63) is 53.3 Å². The molecule has 0 spiro atoms. The van der Waals surface area contributed by atoms with Crippen LogP contribution >= 0.6 is 0 Å². The lowest BCUT2D eigenvalue weighted by Gasteiger charge is -2.26. The van der Waals surface area contributed by atoms with Crippen molar-refractivity contribution < 1.29 is 22.7 Å². The van der Waals surface area contributed by atoms with E-state index in [0.717, 1.165) is 24.3 Å². The molecule has 0 saturated carbocycles. The van der Waals surface area contributed by atoms with E-state index in [1.807, 2.05) is 4.90 Å². The third kappa shape index (κ3) is 4.48. The van der Waals surface area contributed by atoms with Gasteiger partial charge in [0.05, 0.1) is 31.0 Å². The molecule has 138 valence electrons. The number of hydrogen-bond donors (Lipinski definition) is 1. The average Bonchev–Trinajstić information content (AvgIpc) is 2.66. The Morgan fingerprint density at radius 1 is 1.15 bits per heavy atom. The lowest BCUT2D eigenvalue weighted by molar-refractivity contribution is -0.137. The number of hydrogen-bond acceptors (Lipinski definition) is 5. The number of rotatable bonds is 4. The van der Waals surface area contributed by atoms with Gasteiger partial charge in [-0.1, -0.05) is 0 Å². The number of benzene rings is 1. The van der Waals surface area contributed by atoms with E-state index in [0.29, 0.717) is 37.9 Å². The second-order valence-corrected chi connectivity index (χ2v) is 5.71. The number of carbonyl (C=O) groups is 1. The van der Waals surface area contributed by atoms with E-state index in [9.17, 15) is 18.0 Å². The molecule has 1 aromatic heterocycles. The van der Waals surface area contributed by atoms with Crippen molar-refractivity contribution in [2.75, 3.05) is 31.2 Å². The van der Waals surface area contributed by atoms with Crippen molar-refractivity contribution in [2.24, 2.45) is 0 Å². The quantitative estimate of drug-likeness (QED) is 0.899. The van der Waals surface area contributed by atoms with Gasteiger partial charge in [-0.15, -0.1) is 0 Å². The monoisotopic (exact) mass is 366 g/mol. The number of halogens is 3. The van der Waals surface area contributed by atoms with Crippen LogP contribution in [0.25, 0.3) is 0 Å². The largest absolute Gasteiger partial charge is 0.416 e. The minimum atomic E-state index is -4.42. The summed E-state index contributed by atoms with van der Waals surface area (Å²) in [5.41, 5.74) is -0.0257. The molecule has 0 bridgehead atoms. The second kappa shape index (κ2) is 7.69. The first-order chi connectivity index (χ1) is 12.4. The minimum Gasteiger partial charge on any atom is -0.378 e. The number of aromatic nitrogens is 2. The van der Waals surface area contributed by atoms with Crippen molar-refractivity contribution in [2.45, 2.75) is 12.7 Å². The molecule has 0 unspecified atom stereocenters. The zero-order chi connectivity index (χ0) is 18.6. The van der Waals surface area contributed by atoms with Crippen LogP contribution in [0.2, 0.25) is 0 Å². The maximum Gasteiger partial charge on any atom is 0.416 e. The van der Waals surface area contributed by atoms with Gasteiger partial charge in [-0.2, -0.15) is 13.2 Å². The Hall–Kier alpha value is -2.68. The van der Waals surface area contributed by atoms with Gasteiger partial charge in [0.25, 0.3) is 5.91 Å². The zero-order valence-corrected chi connectivity index (χ0v) is 13.8. The Bertz CT molecular complexity index is 759. The first-order valence-corrected chi connectivity index (χ1v) is 8.03. The highest BCUT2D eigenvalue weighted by Crippen LogP contribution is 2.29. The number of morpholine rings is 1. The number of anilines is 1. The number of alkyl halides is 3. The van der Waals surface area contributed by atoms with Crippen LogP contribution in [0.1, 0.15) is 21.6 Å². The molecule has 1 aromatic carbocycles. The summed E-state index contributed by atoms with van der Waals surface area (Å²) in [7, 11) is 0. The van der Waals surface area contributed by atoms with Crippen molar-refractivity contribution in [1.82, 2.24) is 15.3 Å². The molecule has 6 nitrogen and oxygen atoms in total. The Balaban J connectivity index is 1.60. The van der Waals surface area contributed by atoms with Gasteiger partial charge >= 0.3 is 6.18 Å². The molecule has 9 heteroatoms. The molecule has 1 saturated heterocycles. The molecule has 1 aliphatic heterocycles. The SMILES string of the molecule is O=C(NCc1ccnc(N2CCOCC2)n1)c1ccc(C(F)(F)F)cc1. The third-order valence-electron chi connectivity index (χ3n) is 3.90. The molecular formula is C17H17F3N4O2. The summed E-state index contributed by atoms with van der Waals surface area (Å²) in [4.78, 5) is 22.7. The van der Waals surface area contributed by atoms with E-state index in [-0.39, 0.29) is 12.1 Å². The van der Waals surface area contributed by atoms with Crippen LogP contribution < -0.4 is 10.2 Å². The first-order valence-electron chi connectivity index (χ1n) is 8.03. The number of ether oxygens (including phenoxy) is 1. The lowest BCUT2D eigenvalue weighted by atomic mass is 10.1. The van der Waals surface area contributed by atoms with Gasteiger partial charge < -0.3 is 15.0 Å². The molecule has 2 aromatic rings. The maximum atomic E-state index is 12.6. The Labute approximate surface area is 148 Å². The number of nitrogens with one attached hydrogen (secondary N) is 1. The number of nitrogens with zero attached hydrogens (tertiary/aromatic N) is 3. The second-order valence-electron chi connectivity index (χ2n) is 5.71. The van der Waals surface area contributed by atoms with Gasteiger partial charge in [0.2, 0.25) is 5.95 Å². The summed E-state index contributed by atoms with van der Waals surface area (Å²) in [6.07, 6.45) is -2.82. The first kappa shape index (κ1) is 18.1. The van der Waals surface area contributed by atoms with Gasteiger partial charge in [0.1, 0.15) is 0 Å². The van der Waals surface area contributed by atoms with Crippen molar-refractivity contribution >= 4 is 11.9 Å². The third-order valence-corrected chi connectivity index (χ3v) is 3.90. The molecule has 0 radical (unpaired) electrons. The van der Waals surface area contributed by atoms with E-state index >= 15 is 0 Å². The van der Waals surface area contributed by atoms with E-state index in [1.54, 1.807) is 12.3 Å². The highest BCUT2D eigenvalue weighted by Gasteiger charge is 2.30. The summed E-state index contributed by atoms with van der Waals surface area (Å²) in [5, 5.41) is 2.65.